The van der Waals surface area contributed by atoms with E-state index in [-0.39, 0.29) is 11.8 Å². The quantitative estimate of drug-likeness (QED) is 0.400. The number of hydrogen-bond acceptors (Lipinski definition) is 7. The van der Waals surface area contributed by atoms with Crippen LogP contribution in [0.5, 0.6) is 0 Å². The lowest BCUT2D eigenvalue weighted by Crippen LogP contribution is -2.47. The molecule has 3 amide bonds. The van der Waals surface area contributed by atoms with Crippen molar-refractivity contribution in [3.05, 3.63) is 40.4 Å². The molecule has 3 N–H and O–H groups in total. The van der Waals surface area contributed by atoms with Gasteiger partial charge in [0.05, 0.1) is 17.7 Å². The van der Waals surface area contributed by atoms with Crippen molar-refractivity contribution in [3.63, 3.8) is 0 Å². The summed E-state index contributed by atoms with van der Waals surface area (Å²) in [6, 6.07) is 7.56. The molecule has 0 atom stereocenters. The zero-order chi connectivity index (χ0) is 23.8. The predicted octanol–water partition coefficient (Wildman–Crippen LogP) is 2.48. The van der Waals surface area contributed by atoms with Crippen molar-refractivity contribution in [1.29, 1.82) is 0 Å². The van der Waals surface area contributed by atoms with Crippen LogP contribution in [0.4, 0.5) is 15.6 Å². The van der Waals surface area contributed by atoms with Crippen molar-refractivity contribution in [1.82, 2.24) is 20.1 Å². The first-order valence-electron chi connectivity index (χ1n) is 10.6. The number of amides is 3. The minimum absolute atomic E-state index is 0.107. The summed E-state index contributed by atoms with van der Waals surface area (Å²) >= 11 is 1.50. The van der Waals surface area contributed by atoms with Crippen molar-refractivity contribution in [2.45, 2.75) is 33.2 Å². The number of rotatable bonds is 8. The van der Waals surface area contributed by atoms with Crippen LogP contribution in [-0.4, -0.2) is 70.3 Å². The van der Waals surface area contributed by atoms with E-state index in [0.29, 0.717) is 10.8 Å². The molecule has 1 aromatic heterocycles. The molecule has 2 heterocycles. The number of hydrogen-bond donors (Lipinski definition) is 3. The minimum atomic E-state index is -1.16. The van der Waals surface area contributed by atoms with Gasteiger partial charge in [0.15, 0.2) is 5.13 Å². The van der Waals surface area contributed by atoms with Gasteiger partial charge in [-0.05, 0) is 30.5 Å². The van der Waals surface area contributed by atoms with Gasteiger partial charge in [0.1, 0.15) is 0 Å². The van der Waals surface area contributed by atoms with Crippen LogP contribution in [0.2, 0.25) is 0 Å². The van der Waals surface area contributed by atoms with Gasteiger partial charge in [-0.2, -0.15) is 0 Å². The molecule has 10 nitrogen and oxygen atoms in total. The van der Waals surface area contributed by atoms with E-state index in [1.807, 2.05) is 29.2 Å². The summed E-state index contributed by atoms with van der Waals surface area (Å²) in [4.78, 5) is 47.5. The number of nitrogens with zero attached hydrogens (tertiary/aromatic N) is 4. The highest BCUT2D eigenvalue weighted by Crippen LogP contribution is 2.26. The maximum atomic E-state index is 11.6. The van der Waals surface area contributed by atoms with Gasteiger partial charge in [-0.15, -0.1) is 11.3 Å². The fourth-order valence-corrected chi connectivity index (χ4v) is 4.60. The molecule has 176 valence electrons. The Bertz CT molecular complexity index is 1010. The van der Waals surface area contributed by atoms with Crippen LogP contribution in [-0.2, 0) is 29.0 Å². The number of thiazole rings is 1. The summed E-state index contributed by atoms with van der Waals surface area (Å²) < 4.78 is 0. The fourth-order valence-electron chi connectivity index (χ4n) is 3.50. The van der Waals surface area contributed by atoms with E-state index in [1.54, 1.807) is 6.92 Å². The zero-order valence-corrected chi connectivity index (χ0v) is 19.5. The molecular weight excluding hydrogens is 444 g/mol. The molecule has 11 heteroatoms. The van der Waals surface area contributed by atoms with Gasteiger partial charge in [-0.3, -0.25) is 19.8 Å². The first-order valence-corrected chi connectivity index (χ1v) is 11.5. The highest BCUT2D eigenvalue weighted by molar-refractivity contribution is 7.15. The van der Waals surface area contributed by atoms with Gasteiger partial charge >= 0.3 is 6.09 Å². The number of carbonyl (C=O) groups is 3. The number of carboxylic acid groups (broad SMARTS) is 1. The van der Waals surface area contributed by atoms with Crippen LogP contribution in [0, 0.1) is 0 Å². The number of aromatic nitrogens is 1. The molecule has 0 bridgehead atoms. The molecule has 0 aliphatic carbocycles. The Balaban J connectivity index is 1.63. The molecule has 0 spiro atoms. The maximum absolute atomic E-state index is 11.6. The van der Waals surface area contributed by atoms with Gasteiger partial charge < -0.3 is 15.3 Å². The lowest BCUT2D eigenvalue weighted by molar-refractivity contribution is -0.130. The van der Waals surface area contributed by atoms with E-state index in [1.165, 1.54) is 18.3 Å². The number of carbonyl (C=O) groups excluding carboxylic acids is 2. The van der Waals surface area contributed by atoms with Crippen molar-refractivity contribution < 1.29 is 19.5 Å². The Morgan fingerprint density at radius 3 is 2.42 bits per heavy atom. The van der Waals surface area contributed by atoms with Crippen LogP contribution in [0.25, 0.3) is 0 Å². The fraction of sp³-hybridized carbons (Fsp3) is 0.409. The molecule has 2 aromatic rings. The summed E-state index contributed by atoms with van der Waals surface area (Å²) in [7, 11) is 0. The van der Waals surface area contributed by atoms with Crippen LogP contribution in [0.15, 0.2) is 29.3 Å². The third-order valence-corrected chi connectivity index (χ3v) is 6.23. The van der Waals surface area contributed by atoms with Crippen LogP contribution < -0.4 is 10.6 Å². The molecule has 1 fully saturated rings. The SMILES string of the molecule is CC(=O)Nc1nc(CCc2ccc(N=CNC(=O)O)cc2)c(CN2CCN(C(C)=O)CC2)s1. The topological polar surface area (TPSA) is 127 Å². The van der Waals surface area contributed by atoms with Crippen LogP contribution in [0.1, 0.15) is 30.0 Å². The predicted molar refractivity (Wildman–Crippen MR) is 127 cm³/mol. The van der Waals surface area contributed by atoms with Crippen molar-refractivity contribution in [2.75, 3.05) is 31.5 Å². The van der Waals surface area contributed by atoms with E-state index < -0.39 is 6.09 Å². The number of anilines is 1. The average Bonchev–Trinajstić information content (AvgIpc) is 3.13. The second kappa shape index (κ2) is 11.5. The summed E-state index contributed by atoms with van der Waals surface area (Å²) in [5, 5.41) is 14.1. The van der Waals surface area contributed by atoms with Gasteiger partial charge in [-0.25, -0.2) is 14.8 Å². The minimum Gasteiger partial charge on any atom is -0.465 e. The summed E-state index contributed by atoms with van der Waals surface area (Å²) in [6.07, 6.45) is 1.47. The molecule has 1 aromatic carbocycles. The highest BCUT2D eigenvalue weighted by atomic mass is 32.1. The molecule has 3 rings (SSSR count). The lowest BCUT2D eigenvalue weighted by atomic mass is 10.1. The van der Waals surface area contributed by atoms with Crippen molar-refractivity contribution >= 4 is 46.4 Å². The average molecular weight is 473 g/mol. The van der Waals surface area contributed by atoms with Gasteiger partial charge in [0, 0.05) is 51.4 Å². The zero-order valence-electron chi connectivity index (χ0n) is 18.7. The molecule has 1 aliphatic rings. The maximum Gasteiger partial charge on any atom is 0.409 e. The number of piperazine rings is 1. The van der Waals surface area contributed by atoms with Gasteiger partial charge in [0.25, 0.3) is 0 Å². The van der Waals surface area contributed by atoms with Crippen molar-refractivity contribution in [2.24, 2.45) is 4.99 Å². The Labute approximate surface area is 196 Å². The Morgan fingerprint density at radius 1 is 1.12 bits per heavy atom. The molecule has 0 radical (unpaired) electrons. The first-order chi connectivity index (χ1) is 15.8. The number of benzene rings is 1. The van der Waals surface area contributed by atoms with E-state index >= 15 is 0 Å². The van der Waals surface area contributed by atoms with E-state index in [9.17, 15) is 14.4 Å². The Morgan fingerprint density at radius 2 is 1.82 bits per heavy atom. The molecule has 0 saturated carbocycles. The molecule has 1 aliphatic heterocycles. The van der Waals surface area contributed by atoms with E-state index in [2.05, 4.69) is 25.5 Å². The molecule has 1 saturated heterocycles. The van der Waals surface area contributed by atoms with Gasteiger partial charge in [-0.1, -0.05) is 12.1 Å². The number of aliphatic imine (C=N–C) groups is 1. The Hall–Kier alpha value is -3.31. The lowest BCUT2D eigenvalue weighted by Gasteiger charge is -2.34. The standard InChI is InChI=1S/C22H28N6O4S/c1-15(29)25-21-26-19(20(33-21)13-27-9-11-28(12-10-27)16(2)30)8-5-17-3-6-18(7-4-17)23-14-24-22(31)32/h3-4,6-7,14H,5,8-13H2,1-2H3,(H,23,24)(H,31,32)(H,25,26,29). The second-order valence-electron chi connectivity index (χ2n) is 7.73. The normalized spacial score (nSPS) is 14.4. The third kappa shape index (κ3) is 7.65. The smallest absolute Gasteiger partial charge is 0.409 e. The Kier molecular flexibility index (Phi) is 8.50. The molecular formula is C22H28N6O4S. The van der Waals surface area contributed by atoms with Crippen LogP contribution >= 0.6 is 11.3 Å². The van der Waals surface area contributed by atoms with Gasteiger partial charge in [0.2, 0.25) is 11.8 Å². The van der Waals surface area contributed by atoms with E-state index in [4.69, 9.17) is 5.11 Å². The molecule has 0 unspecified atom stereocenters. The van der Waals surface area contributed by atoms with Crippen molar-refractivity contribution in [3.8, 4) is 0 Å². The van der Waals surface area contributed by atoms with E-state index in [0.717, 1.165) is 68.0 Å². The third-order valence-electron chi connectivity index (χ3n) is 5.23. The highest BCUT2D eigenvalue weighted by Gasteiger charge is 2.21. The number of nitrogens with one attached hydrogen (secondary N) is 2. The summed E-state index contributed by atoms with van der Waals surface area (Å²) in [5.74, 6) is -0.0404. The molecule has 33 heavy (non-hydrogen) atoms. The summed E-state index contributed by atoms with van der Waals surface area (Å²) in [5.41, 5.74) is 2.72. The van der Waals surface area contributed by atoms with Crippen LogP contribution in [0.3, 0.4) is 0 Å². The monoisotopic (exact) mass is 472 g/mol. The first kappa shape index (κ1) is 24.3. The second-order valence-corrected chi connectivity index (χ2v) is 8.81. The number of aryl methyl sites for hydroxylation is 2. The summed E-state index contributed by atoms with van der Waals surface area (Å²) in [6.45, 7) is 6.87. The largest absolute Gasteiger partial charge is 0.465 e.